The number of rotatable bonds is 6. The zero-order chi connectivity index (χ0) is 13.5. The van der Waals surface area contributed by atoms with E-state index in [1.54, 1.807) is 6.20 Å². The van der Waals surface area contributed by atoms with Crippen LogP contribution in [0.4, 0.5) is 5.82 Å². The van der Waals surface area contributed by atoms with E-state index in [0.717, 1.165) is 27.9 Å². The first-order valence-electron chi connectivity index (χ1n) is 5.91. The van der Waals surface area contributed by atoms with E-state index in [1.807, 2.05) is 24.8 Å². The largest absolute Gasteiger partial charge is 0.369 e. The van der Waals surface area contributed by atoms with Crippen molar-refractivity contribution in [1.29, 1.82) is 0 Å². The molecule has 0 unspecified atom stereocenters. The lowest BCUT2D eigenvalue weighted by Crippen LogP contribution is -2.31. The fourth-order valence-corrected chi connectivity index (χ4v) is 2.69. The predicted molar refractivity (Wildman–Crippen MR) is 80.7 cm³/mol. The molecule has 1 aromatic heterocycles. The van der Waals surface area contributed by atoms with Gasteiger partial charge in [-0.1, -0.05) is 0 Å². The van der Waals surface area contributed by atoms with Gasteiger partial charge in [0, 0.05) is 36.7 Å². The smallest absolute Gasteiger partial charge is 0.224 e. The van der Waals surface area contributed by atoms with Crippen LogP contribution < -0.4 is 5.32 Å². The Morgan fingerprint density at radius 3 is 2.61 bits per heavy atom. The molecule has 1 amide bonds. The molecule has 0 saturated heterocycles. The van der Waals surface area contributed by atoms with E-state index in [4.69, 9.17) is 0 Å². The van der Waals surface area contributed by atoms with Crippen molar-refractivity contribution in [2.75, 3.05) is 25.0 Å². The van der Waals surface area contributed by atoms with Gasteiger partial charge in [0.1, 0.15) is 5.82 Å². The summed E-state index contributed by atoms with van der Waals surface area (Å²) in [6.07, 6.45) is 2.20. The Morgan fingerprint density at radius 2 is 2.06 bits per heavy atom. The lowest BCUT2D eigenvalue weighted by molar-refractivity contribution is -0.130. The van der Waals surface area contributed by atoms with Crippen LogP contribution in [0, 0.1) is 0 Å². The van der Waals surface area contributed by atoms with Crippen molar-refractivity contribution in [3.8, 4) is 0 Å². The molecular weight excluding hydrogens is 362 g/mol. The predicted octanol–water partition coefficient (Wildman–Crippen LogP) is 3.28. The lowest BCUT2D eigenvalue weighted by Gasteiger charge is -2.18. The number of aromatic nitrogens is 1. The van der Waals surface area contributed by atoms with E-state index >= 15 is 0 Å². The molecule has 0 fully saturated rings. The number of nitrogens with one attached hydrogen (secondary N) is 1. The second-order valence-electron chi connectivity index (χ2n) is 3.73. The van der Waals surface area contributed by atoms with Crippen LogP contribution in [0.15, 0.2) is 21.2 Å². The first-order chi connectivity index (χ1) is 8.58. The Kier molecular flexibility index (Phi) is 6.63. The maximum absolute atomic E-state index is 11.8. The van der Waals surface area contributed by atoms with Gasteiger partial charge in [-0.15, -0.1) is 0 Å². The zero-order valence-electron chi connectivity index (χ0n) is 10.5. The molecule has 6 heteroatoms. The highest BCUT2D eigenvalue weighted by atomic mass is 79.9. The fraction of sp³-hybridized carbons (Fsp3) is 0.500. The molecule has 0 aromatic carbocycles. The first kappa shape index (κ1) is 15.4. The molecule has 0 atom stereocenters. The van der Waals surface area contributed by atoms with Crippen LogP contribution in [-0.4, -0.2) is 35.4 Å². The average molecular weight is 379 g/mol. The molecule has 0 aliphatic rings. The highest BCUT2D eigenvalue weighted by Crippen LogP contribution is 2.23. The number of anilines is 1. The van der Waals surface area contributed by atoms with Gasteiger partial charge < -0.3 is 10.2 Å². The summed E-state index contributed by atoms with van der Waals surface area (Å²) >= 11 is 6.76. The zero-order valence-corrected chi connectivity index (χ0v) is 13.7. The van der Waals surface area contributed by atoms with Crippen LogP contribution in [0.3, 0.4) is 0 Å². The van der Waals surface area contributed by atoms with Crippen LogP contribution >= 0.6 is 31.9 Å². The number of hydrogen-bond donors (Lipinski definition) is 1. The maximum atomic E-state index is 11.8. The Labute approximate surface area is 124 Å². The molecule has 100 valence electrons. The van der Waals surface area contributed by atoms with Crippen LogP contribution in [0.25, 0.3) is 0 Å². The summed E-state index contributed by atoms with van der Waals surface area (Å²) < 4.78 is 1.80. The molecule has 0 aliphatic carbocycles. The highest BCUT2D eigenvalue weighted by Gasteiger charge is 2.09. The topological polar surface area (TPSA) is 45.2 Å². The van der Waals surface area contributed by atoms with Crippen LogP contribution in [0.1, 0.15) is 20.3 Å². The molecule has 0 bridgehead atoms. The van der Waals surface area contributed by atoms with E-state index in [0.29, 0.717) is 13.0 Å². The number of halogens is 2. The van der Waals surface area contributed by atoms with Crippen LogP contribution in [0.5, 0.6) is 0 Å². The van der Waals surface area contributed by atoms with Gasteiger partial charge in [0.15, 0.2) is 0 Å². The molecule has 0 aliphatic heterocycles. The van der Waals surface area contributed by atoms with Crippen molar-refractivity contribution >= 4 is 43.6 Å². The molecule has 0 spiro atoms. The SMILES string of the molecule is CCN(CC)C(=O)CCNc1ncc(Br)cc1Br. The van der Waals surface area contributed by atoms with Gasteiger partial charge in [-0.25, -0.2) is 4.98 Å². The van der Waals surface area contributed by atoms with Gasteiger partial charge in [0.25, 0.3) is 0 Å². The molecule has 1 aromatic rings. The summed E-state index contributed by atoms with van der Waals surface area (Å²) in [4.78, 5) is 17.8. The summed E-state index contributed by atoms with van der Waals surface area (Å²) in [5.41, 5.74) is 0. The second kappa shape index (κ2) is 7.74. The van der Waals surface area contributed by atoms with Crippen LogP contribution in [-0.2, 0) is 4.79 Å². The third-order valence-corrected chi connectivity index (χ3v) is 3.59. The lowest BCUT2D eigenvalue weighted by atomic mass is 10.3. The van der Waals surface area contributed by atoms with Crippen molar-refractivity contribution in [3.63, 3.8) is 0 Å². The number of carbonyl (C=O) groups is 1. The van der Waals surface area contributed by atoms with E-state index in [9.17, 15) is 4.79 Å². The number of amides is 1. The van der Waals surface area contributed by atoms with Crippen molar-refractivity contribution in [2.45, 2.75) is 20.3 Å². The summed E-state index contributed by atoms with van der Waals surface area (Å²) in [5, 5.41) is 3.15. The van der Waals surface area contributed by atoms with Gasteiger partial charge in [-0.3, -0.25) is 4.79 Å². The van der Waals surface area contributed by atoms with Gasteiger partial charge >= 0.3 is 0 Å². The average Bonchev–Trinajstić information content (AvgIpc) is 2.33. The molecule has 1 rings (SSSR count). The Balaban J connectivity index is 2.44. The second-order valence-corrected chi connectivity index (χ2v) is 5.50. The first-order valence-corrected chi connectivity index (χ1v) is 7.49. The summed E-state index contributed by atoms with van der Waals surface area (Å²) in [7, 11) is 0. The monoisotopic (exact) mass is 377 g/mol. The molecule has 0 saturated carbocycles. The summed E-state index contributed by atoms with van der Waals surface area (Å²) in [6.45, 7) is 6.08. The van der Waals surface area contributed by atoms with Crippen LogP contribution in [0.2, 0.25) is 0 Å². The minimum Gasteiger partial charge on any atom is -0.369 e. The minimum absolute atomic E-state index is 0.167. The van der Waals surface area contributed by atoms with Crippen molar-refractivity contribution < 1.29 is 4.79 Å². The molecule has 0 radical (unpaired) electrons. The Hall–Kier alpha value is -0.620. The van der Waals surface area contributed by atoms with Gasteiger partial charge in [0.2, 0.25) is 5.91 Å². The molecule has 1 heterocycles. The van der Waals surface area contributed by atoms with E-state index in [-0.39, 0.29) is 5.91 Å². The molecular formula is C12H17Br2N3O. The number of hydrogen-bond acceptors (Lipinski definition) is 3. The Morgan fingerprint density at radius 1 is 1.39 bits per heavy atom. The molecule has 18 heavy (non-hydrogen) atoms. The van der Waals surface area contributed by atoms with Gasteiger partial charge in [-0.2, -0.15) is 0 Å². The Bertz CT molecular complexity index is 408. The molecule has 1 N–H and O–H groups in total. The maximum Gasteiger partial charge on any atom is 0.224 e. The van der Waals surface area contributed by atoms with Gasteiger partial charge in [-0.05, 0) is 51.8 Å². The van der Waals surface area contributed by atoms with Crippen molar-refractivity contribution in [1.82, 2.24) is 9.88 Å². The standard InChI is InChI=1S/C12H17Br2N3O/c1-3-17(4-2)11(18)5-6-15-12-10(14)7-9(13)8-16-12/h7-8H,3-6H2,1-2H3,(H,15,16). The minimum atomic E-state index is 0.167. The highest BCUT2D eigenvalue weighted by molar-refractivity contribution is 9.11. The normalized spacial score (nSPS) is 10.2. The van der Waals surface area contributed by atoms with E-state index in [2.05, 4.69) is 42.2 Å². The van der Waals surface area contributed by atoms with Gasteiger partial charge in [0.05, 0.1) is 4.47 Å². The van der Waals surface area contributed by atoms with Crippen molar-refractivity contribution in [3.05, 3.63) is 21.2 Å². The van der Waals surface area contributed by atoms with Crippen molar-refractivity contribution in [2.24, 2.45) is 0 Å². The summed E-state index contributed by atoms with van der Waals surface area (Å²) in [5.74, 6) is 0.922. The third kappa shape index (κ3) is 4.57. The summed E-state index contributed by atoms with van der Waals surface area (Å²) in [6, 6.07) is 1.92. The number of pyridine rings is 1. The quantitative estimate of drug-likeness (QED) is 0.826. The third-order valence-electron chi connectivity index (χ3n) is 2.56. The molecule has 4 nitrogen and oxygen atoms in total. The van der Waals surface area contributed by atoms with E-state index < -0.39 is 0 Å². The number of nitrogens with zero attached hydrogens (tertiary/aromatic N) is 2. The fourth-order valence-electron chi connectivity index (χ4n) is 1.57. The number of carbonyl (C=O) groups excluding carboxylic acids is 1. The van der Waals surface area contributed by atoms with E-state index in [1.165, 1.54) is 0 Å².